The second-order valence-electron chi connectivity index (χ2n) is 5.19. The predicted molar refractivity (Wildman–Crippen MR) is 100 cm³/mol. The van der Waals surface area contributed by atoms with Gasteiger partial charge in [0, 0.05) is 25.2 Å². The molecule has 0 aromatic heterocycles. The molecule has 0 radical (unpaired) electrons. The van der Waals surface area contributed by atoms with Gasteiger partial charge in [-0.05, 0) is 19.1 Å². The molecule has 0 bridgehead atoms. The van der Waals surface area contributed by atoms with Gasteiger partial charge in [-0.15, -0.1) is 0 Å². The summed E-state index contributed by atoms with van der Waals surface area (Å²) >= 11 is 0. The van der Waals surface area contributed by atoms with Crippen molar-refractivity contribution in [3.8, 4) is 0 Å². The minimum atomic E-state index is 0.113. The highest BCUT2D eigenvalue weighted by Crippen LogP contribution is 2.31. The van der Waals surface area contributed by atoms with Crippen molar-refractivity contribution in [3.05, 3.63) is 47.8 Å². The zero-order valence-corrected chi connectivity index (χ0v) is 16.5. The molecule has 1 aliphatic heterocycles. The van der Waals surface area contributed by atoms with Gasteiger partial charge in [-0.3, -0.25) is 0 Å². The summed E-state index contributed by atoms with van der Waals surface area (Å²) in [5.74, 6) is 0.988. The Hall–Kier alpha value is -1.32. The van der Waals surface area contributed by atoms with Crippen molar-refractivity contribution in [2.24, 2.45) is 5.41 Å². The van der Waals surface area contributed by atoms with Gasteiger partial charge in [0.05, 0.1) is 0 Å². The molecule has 2 rings (SSSR count). The van der Waals surface area contributed by atoms with Crippen molar-refractivity contribution < 1.29 is 14.2 Å². The fourth-order valence-electron chi connectivity index (χ4n) is 1.83. The summed E-state index contributed by atoms with van der Waals surface area (Å²) in [4.78, 5) is 0. The summed E-state index contributed by atoms with van der Waals surface area (Å²) in [6, 6.07) is 0. The van der Waals surface area contributed by atoms with E-state index in [9.17, 15) is 0 Å². The molecule has 0 N–H and O–H groups in total. The molecule has 0 amide bonds. The van der Waals surface area contributed by atoms with Crippen molar-refractivity contribution >= 4 is 0 Å². The van der Waals surface area contributed by atoms with Crippen LogP contribution in [0.4, 0.5) is 0 Å². The predicted octanol–water partition coefficient (Wildman–Crippen LogP) is 5.66. The molecule has 134 valence electrons. The molecule has 1 heterocycles. The molecular weight excluding hydrogens is 288 g/mol. The van der Waals surface area contributed by atoms with Crippen LogP contribution in [-0.2, 0) is 14.2 Å². The highest BCUT2D eigenvalue weighted by Gasteiger charge is 2.19. The number of hydrogen-bond donors (Lipinski definition) is 0. The molecule has 3 nitrogen and oxygen atoms in total. The Morgan fingerprint density at radius 3 is 2.13 bits per heavy atom. The number of rotatable bonds is 2. The lowest BCUT2D eigenvalue weighted by molar-refractivity contribution is -0.00271. The van der Waals surface area contributed by atoms with Crippen molar-refractivity contribution in [1.29, 1.82) is 0 Å². The van der Waals surface area contributed by atoms with E-state index in [-0.39, 0.29) is 11.5 Å². The van der Waals surface area contributed by atoms with E-state index in [2.05, 4.69) is 53.7 Å². The van der Waals surface area contributed by atoms with Crippen LogP contribution >= 0.6 is 0 Å². The summed E-state index contributed by atoms with van der Waals surface area (Å²) in [5, 5.41) is 0. The SMILES string of the molecule is CC.CC.CC1C=CC2=CC(C)(C)C=CC=C2O1.COCOC. The molecule has 1 aliphatic carbocycles. The highest BCUT2D eigenvalue weighted by molar-refractivity contribution is 5.44. The van der Waals surface area contributed by atoms with E-state index < -0.39 is 0 Å². The molecular formula is C20H36O3. The lowest BCUT2D eigenvalue weighted by Gasteiger charge is -2.21. The standard InChI is InChI=1S/C13H16O.C3H8O2.2C2H6/c1-10-6-7-11-9-13(2,3)8-4-5-12(11)14-10;1-4-3-5-2;2*1-2/h4-10H,1-3H3;3H2,1-2H3;2*1-2H3. The molecule has 1 atom stereocenters. The lowest BCUT2D eigenvalue weighted by Crippen LogP contribution is -2.11. The van der Waals surface area contributed by atoms with Crippen LogP contribution in [0.25, 0.3) is 0 Å². The quantitative estimate of drug-likeness (QED) is 0.614. The van der Waals surface area contributed by atoms with Gasteiger partial charge in [0.15, 0.2) is 0 Å². The Balaban J connectivity index is 0. The summed E-state index contributed by atoms with van der Waals surface area (Å²) in [7, 11) is 3.17. The monoisotopic (exact) mass is 324 g/mol. The first-order chi connectivity index (χ1) is 11.0. The molecule has 23 heavy (non-hydrogen) atoms. The van der Waals surface area contributed by atoms with E-state index in [4.69, 9.17) is 4.74 Å². The zero-order valence-electron chi connectivity index (χ0n) is 16.5. The highest BCUT2D eigenvalue weighted by atomic mass is 16.6. The van der Waals surface area contributed by atoms with Crippen molar-refractivity contribution in [2.45, 2.75) is 54.6 Å². The topological polar surface area (TPSA) is 27.7 Å². The molecule has 0 fully saturated rings. The summed E-state index contributed by atoms with van der Waals surface area (Å²) in [6.45, 7) is 14.8. The minimum absolute atomic E-state index is 0.113. The second kappa shape index (κ2) is 14.3. The van der Waals surface area contributed by atoms with Crippen LogP contribution in [0.5, 0.6) is 0 Å². The van der Waals surface area contributed by atoms with Crippen molar-refractivity contribution in [1.82, 2.24) is 0 Å². The first-order valence-corrected chi connectivity index (χ1v) is 8.44. The van der Waals surface area contributed by atoms with Gasteiger partial charge in [0.2, 0.25) is 0 Å². The van der Waals surface area contributed by atoms with Gasteiger partial charge in [-0.2, -0.15) is 0 Å². The maximum absolute atomic E-state index is 5.72. The first kappa shape index (κ1) is 23.9. The second-order valence-corrected chi connectivity index (χ2v) is 5.19. The van der Waals surface area contributed by atoms with E-state index >= 15 is 0 Å². The Kier molecular flexibility index (Phi) is 14.9. The number of ether oxygens (including phenoxy) is 3. The van der Waals surface area contributed by atoms with Crippen LogP contribution in [0.2, 0.25) is 0 Å². The molecule has 0 saturated heterocycles. The number of methoxy groups -OCH3 is 2. The molecule has 0 saturated carbocycles. The Morgan fingerprint density at radius 1 is 1.09 bits per heavy atom. The number of fused-ring (bicyclic) bond motifs is 1. The summed E-state index contributed by atoms with van der Waals surface area (Å²) < 4.78 is 14.7. The smallest absolute Gasteiger partial charge is 0.145 e. The van der Waals surface area contributed by atoms with Crippen LogP contribution in [0.3, 0.4) is 0 Å². The largest absolute Gasteiger partial charge is 0.486 e. The maximum atomic E-state index is 5.72. The molecule has 1 unspecified atom stereocenters. The van der Waals surface area contributed by atoms with Crippen molar-refractivity contribution in [2.75, 3.05) is 21.0 Å². The van der Waals surface area contributed by atoms with E-state index in [1.807, 2.05) is 40.7 Å². The summed E-state index contributed by atoms with van der Waals surface area (Å²) in [6.07, 6.45) is 13.0. The molecule has 0 spiro atoms. The van der Waals surface area contributed by atoms with E-state index in [1.165, 1.54) is 5.57 Å². The van der Waals surface area contributed by atoms with Gasteiger partial charge >= 0.3 is 0 Å². The fraction of sp³-hybridized carbons (Fsp3) is 0.600. The lowest BCUT2D eigenvalue weighted by atomic mass is 9.90. The normalized spacial score (nSPS) is 19.6. The van der Waals surface area contributed by atoms with Crippen LogP contribution in [0.1, 0.15) is 48.5 Å². The van der Waals surface area contributed by atoms with E-state index in [0.717, 1.165) is 5.76 Å². The third-order valence-electron chi connectivity index (χ3n) is 2.68. The zero-order chi connectivity index (χ0) is 18.3. The Labute approximate surface area is 143 Å². The van der Waals surface area contributed by atoms with Crippen molar-refractivity contribution in [3.63, 3.8) is 0 Å². The van der Waals surface area contributed by atoms with Gasteiger partial charge in [-0.25, -0.2) is 0 Å². The maximum Gasteiger partial charge on any atom is 0.145 e. The molecule has 2 aliphatic rings. The minimum Gasteiger partial charge on any atom is -0.486 e. The Bertz CT molecular complexity index is 399. The third kappa shape index (κ3) is 10.9. The fourth-order valence-corrected chi connectivity index (χ4v) is 1.83. The van der Waals surface area contributed by atoms with Gasteiger partial charge < -0.3 is 14.2 Å². The number of hydrogen-bond acceptors (Lipinski definition) is 3. The van der Waals surface area contributed by atoms with Crippen LogP contribution < -0.4 is 0 Å². The summed E-state index contributed by atoms with van der Waals surface area (Å²) in [5.41, 5.74) is 1.31. The molecule has 3 heteroatoms. The van der Waals surface area contributed by atoms with E-state index in [0.29, 0.717) is 6.79 Å². The number of allylic oxidation sites excluding steroid dienone is 5. The first-order valence-electron chi connectivity index (χ1n) is 8.44. The van der Waals surface area contributed by atoms with Crippen LogP contribution in [-0.4, -0.2) is 27.1 Å². The molecule has 0 aromatic carbocycles. The van der Waals surface area contributed by atoms with Gasteiger partial charge in [-0.1, -0.05) is 65.8 Å². The van der Waals surface area contributed by atoms with Crippen LogP contribution in [0.15, 0.2) is 47.8 Å². The van der Waals surface area contributed by atoms with E-state index in [1.54, 1.807) is 14.2 Å². The third-order valence-corrected chi connectivity index (χ3v) is 2.68. The Morgan fingerprint density at radius 2 is 1.65 bits per heavy atom. The molecule has 0 aromatic rings. The van der Waals surface area contributed by atoms with Gasteiger partial charge in [0.1, 0.15) is 18.7 Å². The van der Waals surface area contributed by atoms with Crippen LogP contribution in [0, 0.1) is 5.41 Å². The van der Waals surface area contributed by atoms with Gasteiger partial charge in [0.25, 0.3) is 0 Å². The average molecular weight is 325 g/mol. The average Bonchev–Trinajstić information content (AvgIpc) is 2.69.